The lowest BCUT2D eigenvalue weighted by Gasteiger charge is -2.06. The molecule has 0 spiro atoms. The molecule has 2 rings (SSSR count). The molecule has 0 aliphatic rings. The Bertz CT molecular complexity index is 713. The molecule has 1 aromatic carbocycles. The Labute approximate surface area is 126 Å². The van der Waals surface area contributed by atoms with E-state index in [1.165, 1.54) is 23.5 Å². The van der Waals surface area contributed by atoms with Gasteiger partial charge in [-0.05, 0) is 36.1 Å². The van der Waals surface area contributed by atoms with Crippen molar-refractivity contribution < 1.29 is 14.3 Å². The number of aryl methyl sites for hydroxylation is 1. The van der Waals surface area contributed by atoms with Crippen molar-refractivity contribution in [3.05, 3.63) is 51.5 Å². The van der Waals surface area contributed by atoms with Crippen LogP contribution in [0.5, 0.6) is 0 Å². The number of carbonyl (C=O) groups is 1. The zero-order valence-corrected chi connectivity index (χ0v) is 12.3. The van der Waals surface area contributed by atoms with E-state index in [1.54, 1.807) is 24.4 Å². The van der Waals surface area contributed by atoms with Crippen molar-refractivity contribution in [3.8, 4) is 11.8 Å². The zero-order valence-electron chi connectivity index (χ0n) is 11.4. The van der Waals surface area contributed by atoms with Gasteiger partial charge in [0.1, 0.15) is 10.7 Å². The molecule has 0 aliphatic carbocycles. The van der Waals surface area contributed by atoms with Crippen molar-refractivity contribution in [2.75, 3.05) is 11.9 Å². The number of rotatable bonds is 3. The van der Waals surface area contributed by atoms with Crippen molar-refractivity contribution in [1.29, 1.82) is 0 Å². The molecule has 2 aromatic rings. The van der Waals surface area contributed by atoms with Crippen LogP contribution >= 0.6 is 11.3 Å². The van der Waals surface area contributed by atoms with Gasteiger partial charge in [-0.2, -0.15) is 0 Å². The quantitative estimate of drug-likeness (QED) is 0.856. The maximum atomic E-state index is 13.7. The van der Waals surface area contributed by atoms with Crippen molar-refractivity contribution in [3.63, 3.8) is 0 Å². The van der Waals surface area contributed by atoms with E-state index in [0.717, 1.165) is 5.56 Å². The summed E-state index contributed by atoms with van der Waals surface area (Å²) in [5.41, 5.74) is 1.52. The fourth-order valence-corrected chi connectivity index (χ4v) is 2.44. The van der Waals surface area contributed by atoms with Gasteiger partial charge in [-0.1, -0.05) is 17.9 Å². The van der Waals surface area contributed by atoms with E-state index in [4.69, 9.17) is 5.11 Å². The number of amides is 1. The normalized spacial score (nSPS) is 9.86. The molecule has 108 valence electrons. The molecule has 0 radical (unpaired) electrons. The maximum Gasteiger partial charge on any atom is 0.267 e. The van der Waals surface area contributed by atoms with E-state index in [1.807, 2.05) is 0 Å². The molecule has 0 saturated carbocycles. The first kappa shape index (κ1) is 15.2. The van der Waals surface area contributed by atoms with Gasteiger partial charge >= 0.3 is 0 Å². The first-order chi connectivity index (χ1) is 10.1. The molecule has 0 unspecified atom stereocenters. The van der Waals surface area contributed by atoms with Crippen LogP contribution in [0.2, 0.25) is 0 Å². The standard InChI is InChI=1S/C16H14FNO2S/c1-11-5-6-14(13(17)10-11)18-16(20)15-12(7-9-21-15)4-2-3-8-19/h5-7,9-10,19H,3,8H2,1H3,(H,18,20). The highest BCUT2D eigenvalue weighted by Crippen LogP contribution is 2.20. The van der Waals surface area contributed by atoms with Gasteiger partial charge in [0.05, 0.1) is 12.3 Å². The lowest BCUT2D eigenvalue weighted by atomic mass is 10.2. The summed E-state index contributed by atoms with van der Waals surface area (Å²) in [6.07, 6.45) is 0.351. The van der Waals surface area contributed by atoms with Crippen LogP contribution in [0, 0.1) is 24.6 Å². The van der Waals surface area contributed by atoms with E-state index < -0.39 is 5.82 Å². The molecular formula is C16H14FNO2S. The van der Waals surface area contributed by atoms with Crippen LogP contribution in [0.1, 0.15) is 27.2 Å². The second-order valence-electron chi connectivity index (χ2n) is 4.38. The zero-order chi connectivity index (χ0) is 15.2. The number of carbonyl (C=O) groups excluding carboxylic acids is 1. The summed E-state index contributed by atoms with van der Waals surface area (Å²) in [6.45, 7) is 1.76. The maximum absolute atomic E-state index is 13.7. The van der Waals surface area contributed by atoms with E-state index >= 15 is 0 Å². The lowest BCUT2D eigenvalue weighted by Crippen LogP contribution is -2.12. The number of aliphatic hydroxyl groups excluding tert-OH is 1. The summed E-state index contributed by atoms with van der Waals surface area (Å²) in [5.74, 6) is 4.75. The molecule has 0 aliphatic heterocycles. The van der Waals surface area contributed by atoms with Gasteiger partial charge in [0, 0.05) is 12.0 Å². The third-order valence-corrected chi connectivity index (χ3v) is 3.62. The van der Waals surface area contributed by atoms with Gasteiger partial charge in [-0.25, -0.2) is 4.39 Å². The second kappa shape index (κ2) is 7.02. The largest absolute Gasteiger partial charge is 0.395 e. The van der Waals surface area contributed by atoms with Crippen LogP contribution in [-0.4, -0.2) is 17.6 Å². The highest BCUT2D eigenvalue weighted by atomic mass is 32.1. The van der Waals surface area contributed by atoms with E-state index in [0.29, 0.717) is 16.9 Å². The Hall–Kier alpha value is -2.16. The highest BCUT2D eigenvalue weighted by molar-refractivity contribution is 7.12. The number of halogens is 1. The van der Waals surface area contributed by atoms with Gasteiger partial charge in [-0.3, -0.25) is 4.79 Å². The minimum absolute atomic E-state index is 0.0206. The van der Waals surface area contributed by atoms with Gasteiger partial charge in [-0.15, -0.1) is 11.3 Å². The summed E-state index contributed by atoms with van der Waals surface area (Å²) in [4.78, 5) is 12.6. The highest BCUT2D eigenvalue weighted by Gasteiger charge is 2.14. The van der Waals surface area contributed by atoms with E-state index in [9.17, 15) is 9.18 Å². The van der Waals surface area contributed by atoms with E-state index in [2.05, 4.69) is 17.2 Å². The Morgan fingerprint density at radius 3 is 2.95 bits per heavy atom. The second-order valence-corrected chi connectivity index (χ2v) is 5.29. The van der Waals surface area contributed by atoms with Gasteiger partial charge in [0.25, 0.3) is 5.91 Å². The average Bonchev–Trinajstić information content (AvgIpc) is 2.91. The van der Waals surface area contributed by atoms with Crippen LogP contribution in [-0.2, 0) is 0 Å². The summed E-state index contributed by atoms with van der Waals surface area (Å²) in [7, 11) is 0. The first-order valence-corrected chi connectivity index (χ1v) is 7.24. The predicted molar refractivity (Wildman–Crippen MR) is 82.0 cm³/mol. The van der Waals surface area contributed by atoms with Gasteiger partial charge in [0.15, 0.2) is 0 Å². The number of hydrogen-bond acceptors (Lipinski definition) is 3. The molecule has 1 heterocycles. The molecule has 0 fully saturated rings. The Morgan fingerprint density at radius 1 is 1.43 bits per heavy atom. The van der Waals surface area contributed by atoms with Crippen LogP contribution in [0.4, 0.5) is 10.1 Å². The summed E-state index contributed by atoms with van der Waals surface area (Å²) >= 11 is 1.24. The number of thiophene rings is 1. The van der Waals surface area contributed by atoms with Crippen LogP contribution in [0.15, 0.2) is 29.6 Å². The topological polar surface area (TPSA) is 49.3 Å². The predicted octanol–water partition coefficient (Wildman–Crippen LogP) is 3.18. The molecular weight excluding hydrogens is 289 g/mol. The summed E-state index contributed by atoms with van der Waals surface area (Å²) in [5, 5.41) is 13.0. The SMILES string of the molecule is Cc1ccc(NC(=O)c2sccc2C#CCCO)c(F)c1. The number of anilines is 1. The van der Waals surface area contributed by atoms with Crippen molar-refractivity contribution >= 4 is 22.9 Å². The first-order valence-electron chi connectivity index (χ1n) is 6.36. The third-order valence-electron chi connectivity index (χ3n) is 2.70. The number of nitrogens with one attached hydrogen (secondary N) is 1. The minimum Gasteiger partial charge on any atom is -0.395 e. The monoisotopic (exact) mass is 303 g/mol. The molecule has 21 heavy (non-hydrogen) atoms. The van der Waals surface area contributed by atoms with Crippen LogP contribution in [0.3, 0.4) is 0 Å². The fourth-order valence-electron chi connectivity index (χ4n) is 1.70. The number of benzene rings is 1. The molecule has 1 aromatic heterocycles. The van der Waals surface area contributed by atoms with E-state index in [-0.39, 0.29) is 18.2 Å². The van der Waals surface area contributed by atoms with Crippen LogP contribution < -0.4 is 5.32 Å². The van der Waals surface area contributed by atoms with Crippen LogP contribution in [0.25, 0.3) is 0 Å². The minimum atomic E-state index is -0.465. The molecule has 5 heteroatoms. The summed E-state index contributed by atoms with van der Waals surface area (Å²) < 4.78 is 13.7. The average molecular weight is 303 g/mol. The van der Waals surface area contributed by atoms with Gasteiger partial charge in [0.2, 0.25) is 0 Å². The molecule has 3 nitrogen and oxygen atoms in total. The lowest BCUT2D eigenvalue weighted by molar-refractivity contribution is 0.103. The van der Waals surface area contributed by atoms with Crippen molar-refractivity contribution in [2.24, 2.45) is 0 Å². The molecule has 0 bridgehead atoms. The Balaban J connectivity index is 2.18. The van der Waals surface area contributed by atoms with Crippen molar-refractivity contribution in [1.82, 2.24) is 0 Å². The summed E-state index contributed by atoms with van der Waals surface area (Å²) in [6, 6.07) is 6.36. The Kier molecular flexibility index (Phi) is 5.09. The fraction of sp³-hybridized carbons (Fsp3) is 0.188. The van der Waals surface area contributed by atoms with Gasteiger partial charge < -0.3 is 10.4 Å². The Morgan fingerprint density at radius 2 is 2.24 bits per heavy atom. The number of hydrogen-bond donors (Lipinski definition) is 2. The molecule has 0 saturated heterocycles. The smallest absolute Gasteiger partial charge is 0.267 e. The molecule has 2 N–H and O–H groups in total. The number of aliphatic hydroxyl groups is 1. The molecule has 1 amide bonds. The third kappa shape index (κ3) is 3.91. The van der Waals surface area contributed by atoms with Crippen molar-refractivity contribution in [2.45, 2.75) is 13.3 Å². The molecule has 0 atom stereocenters.